The molecule has 0 aliphatic heterocycles. The third-order valence-electron chi connectivity index (χ3n) is 1.95. The van der Waals surface area contributed by atoms with E-state index in [2.05, 4.69) is 0 Å². The van der Waals surface area contributed by atoms with Gasteiger partial charge in [-0.25, -0.2) is 17.6 Å². The normalized spacial score (nSPS) is 10.6. The van der Waals surface area contributed by atoms with Gasteiger partial charge in [0.2, 0.25) is 0 Å². The van der Waals surface area contributed by atoms with Crippen molar-refractivity contribution in [2.75, 3.05) is 0 Å². The second-order valence-corrected chi connectivity index (χ2v) is 4.62. The zero-order valence-corrected chi connectivity index (χ0v) is 9.32. The Kier molecular flexibility index (Phi) is 3.43. The smallest absolute Gasteiger partial charge is 0.123 e. The van der Waals surface area contributed by atoms with E-state index in [-0.39, 0.29) is 0 Å². The van der Waals surface area contributed by atoms with E-state index < -0.39 is 23.3 Å². The molecular weight excluding hydrogens is 251 g/mol. The van der Waals surface area contributed by atoms with E-state index in [9.17, 15) is 17.6 Å². The molecule has 0 unspecified atom stereocenters. The molecule has 0 bridgehead atoms. The van der Waals surface area contributed by atoms with Gasteiger partial charge in [-0.2, -0.15) is 10.6 Å². The molecule has 17 heavy (non-hydrogen) atoms. The second-order valence-electron chi connectivity index (χ2n) is 3.37. The van der Waals surface area contributed by atoms with Crippen molar-refractivity contribution in [2.45, 2.75) is 0 Å². The summed E-state index contributed by atoms with van der Waals surface area (Å²) >= 11 is 0. The van der Waals surface area contributed by atoms with Gasteiger partial charge in [0.1, 0.15) is 23.3 Å². The third-order valence-corrected chi connectivity index (χ3v) is 2.99. The van der Waals surface area contributed by atoms with Crippen LogP contribution in [0.15, 0.2) is 36.4 Å². The maximum Gasteiger partial charge on any atom is 0.123 e. The molecule has 2 rings (SSSR count). The topological polar surface area (TPSA) is 0 Å². The Balaban J connectivity index is 2.31. The number of halogens is 4. The molecule has 0 nitrogen and oxygen atoms in total. The fraction of sp³-hybridized carbons (Fsp3) is 0. The fourth-order valence-corrected chi connectivity index (χ4v) is 2.41. The highest BCUT2D eigenvalue weighted by atomic mass is 31.1. The molecule has 2 aromatic carbocycles. The lowest BCUT2D eigenvalue weighted by atomic mass is 10.3. The summed E-state index contributed by atoms with van der Waals surface area (Å²) in [5.74, 6) is -2.87. The lowest BCUT2D eigenvalue weighted by molar-refractivity contribution is 0.585. The van der Waals surface area contributed by atoms with Crippen LogP contribution in [-0.2, 0) is 0 Å². The zero-order chi connectivity index (χ0) is 12.4. The van der Waals surface area contributed by atoms with Crippen molar-refractivity contribution in [2.24, 2.45) is 0 Å². The van der Waals surface area contributed by atoms with E-state index in [1.165, 1.54) is 0 Å². The standard InChI is InChI=1S/C12H6F4P/c13-7-1-8(14)4-11(3-7)17-12-5-9(15)2-10(16)6-12/h1-6H/q-1. The fourth-order valence-electron chi connectivity index (χ4n) is 1.36. The molecule has 0 spiro atoms. The van der Waals surface area contributed by atoms with Gasteiger partial charge in [0.25, 0.3) is 0 Å². The van der Waals surface area contributed by atoms with Gasteiger partial charge in [-0.05, 0) is 0 Å². The van der Waals surface area contributed by atoms with Crippen molar-refractivity contribution < 1.29 is 17.6 Å². The van der Waals surface area contributed by atoms with Crippen molar-refractivity contribution in [3.63, 3.8) is 0 Å². The number of rotatable bonds is 2. The highest BCUT2D eigenvalue weighted by Crippen LogP contribution is 2.14. The van der Waals surface area contributed by atoms with Crippen LogP contribution < -0.4 is 10.6 Å². The van der Waals surface area contributed by atoms with Gasteiger partial charge in [0.05, 0.1) is 0 Å². The minimum absolute atomic E-state index is 0.299. The molecule has 88 valence electrons. The first-order valence-electron chi connectivity index (χ1n) is 4.67. The lowest BCUT2D eigenvalue weighted by Gasteiger charge is -2.19. The molecule has 0 radical (unpaired) electrons. The van der Waals surface area contributed by atoms with Crippen LogP contribution in [-0.4, -0.2) is 0 Å². The Morgan fingerprint density at radius 3 is 1.12 bits per heavy atom. The molecule has 5 heteroatoms. The SMILES string of the molecule is Fc1cc(F)cc([P-]c2cc(F)cc(F)c2)c1. The van der Waals surface area contributed by atoms with Crippen molar-refractivity contribution in [3.8, 4) is 0 Å². The summed E-state index contributed by atoms with van der Waals surface area (Å²) in [6, 6.07) is 5.96. The van der Waals surface area contributed by atoms with E-state index in [4.69, 9.17) is 0 Å². The van der Waals surface area contributed by atoms with E-state index in [1.807, 2.05) is 0 Å². The van der Waals surface area contributed by atoms with Crippen LogP contribution in [0.4, 0.5) is 17.6 Å². The number of hydrogen-bond acceptors (Lipinski definition) is 0. The van der Waals surface area contributed by atoms with Crippen molar-refractivity contribution in [3.05, 3.63) is 59.7 Å². The van der Waals surface area contributed by atoms with Crippen molar-refractivity contribution >= 4 is 19.2 Å². The Labute approximate surface area is 97.1 Å². The zero-order valence-electron chi connectivity index (χ0n) is 8.42. The summed E-state index contributed by atoms with van der Waals surface area (Å²) in [5.41, 5.74) is 0. The van der Waals surface area contributed by atoms with E-state index >= 15 is 0 Å². The van der Waals surface area contributed by atoms with Gasteiger partial charge in [0, 0.05) is 12.1 Å². The molecule has 0 saturated heterocycles. The first-order chi connectivity index (χ1) is 8.02. The molecule has 0 aliphatic carbocycles. The summed E-state index contributed by atoms with van der Waals surface area (Å²) in [6.45, 7) is 0. The molecule has 2 aromatic rings. The molecule has 0 N–H and O–H groups in total. The Morgan fingerprint density at radius 2 is 0.824 bits per heavy atom. The Morgan fingerprint density at radius 1 is 0.529 bits per heavy atom. The summed E-state index contributed by atoms with van der Waals surface area (Å²) in [5, 5.41) is 0.597. The molecule has 0 amide bonds. The van der Waals surface area contributed by atoms with Crippen LogP contribution in [0.5, 0.6) is 0 Å². The van der Waals surface area contributed by atoms with Gasteiger partial charge in [0.15, 0.2) is 0 Å². The summed E-state index contributed by atoms with van der Waals surface area (Å²) in [4.78, 5) is 0. The van der Waals surface area contributed by atoms with Crippen LogP contribution >= 0.6 is 8.58 Å². The molecule has 0 heterocycles. The third kappa shape index (κ3) is 3.27. The monoisotopic (exact) mass is 257 g/mol. The molecule has 0 atom stereocenters. The molecule has 0 aromatic heterocycles. The van der Waals surface area contributed by atoms with Crippen LogP contribution in [0, 0.1) is 23.3 Å². The molecule has 0 saturated carbocycles. The summed E-state index contributed by atoms with van der Waals surface area (Å²) < 4.78 is 51.6. The predicted octanol–water partition coefficient (Wildman–Crippen LogP) is 3.14. The number of benzene rings is 2. The van der Waals surface area contributed by atoms with Crippen molar-refractivity contribution in [1.82, 2.24) is 0 Å². The summed E-state index contributed by atoms with van der Waals surface area (Å²) in [6.07, 6.45) is 0. The van der Waals surface area contributed by atoms with E-state index in [0.717, 1.165) is 36.4 Å². The predicted molar refractivity (Wildman–Crippen MR) is 58.9 cm³/mol. The van der Waals surface area contributed by atoms with Gasteiger partial charge >= 0.3 is 0 Å². The summed E-state index contributed by atoms with van der Waals surface area (Å²) in [7, 11) is 0.343. The van der Waals surface area contributed by atoms with Gasteiger partial charge < -0.3 is 8.58 Å². The minimum Gasteiger partial charge on any atom is -0.472 e. The van der Waals surface area contributed by atoms with Gasteiger partial charge in [-0.15, -0.1) is 0 Å². The average Bonchev–Trinajstić information content (AvgIpc) is 2.13. The largest absolute Gasteiger partial charge is 0.472 e. The Bertz CT molecular complexity index is 464. The van der Waals surface area contributed by atoms with Crippen molar-refractivity contribution in [1.29, 1.82) is 0 Å². The molecule has 0 fully saturated rings. The first-order valence-corrected chi connectivity index (χ1v) is 5.56. The van der Waals surface area contributed by atoms with E-state index in [0.29, 0.717) is 19.2 Å². The first kappa shape index (κ1) is 12.1. The van der Waals surface area contributed by atoms with Crippen LogP contribution in [0.2, 0.25) is 0 Å². The quantitative estimate of drug-likeness (QED) is 0.572. The number of hydrogen-bond donors (Lipinski definition) is 0. The maximum absolute atomic E-state index is 12.9. The molecular formula is C12H6F4P-. The second kappa shape index (κ2) is 4.84. The van der Waals surface area contributed by atoms with Gasteiger partial charge in [-0.1, -0.05) is 24.3 Å². The lowest BCUT2D eigenvalue weighted by Crippen LogP contribution is -2.06. The van der Waals surface area contributed by atoms with Crippen LogP contribution in [0.1, 0.15) is 0 Å². The highest BCUT2D eigenvalue weighted by Gasteiger charge is 1.96. The molecule has 0 aliphatic rings. The average molecular weight is 257 g/mol. The van der Waals surface area contributed by atoms with Crippen LogP contribution in [0.3, 0.4) is 0 Å². The minimum atomic E-state index is -0.718. The maximum atomic E-state index is 12.9. The van der Waals surface area contributed by atoms with Gasteiger partial charge in [-0.3, -0.25) is 0 Å². The Hall–Kier alpha value is -1.41. The van der Waals surface area contributed by atoms with Crippen LogP contribution in [0.25, 0.3) is 0 Å². The van der Waals surface area contributed by atoms with E-state index in [1.54, 1.807) is 0 Å². The highest BCUT2D eigenvalue weighted by molar-refractivity contribution is 7.55.